The molecule has 2 aromatic rings. The second kappa shape index (κ2) is 8.15. The van der Waals surface area contributed by atoms with Crippen LogP contribution in [-0.4, -0.2) is 25.5 Å². The van der Waals surface area contributed by atoms with Gasteiger partial charge in [-0.3, -0.25) is 4.79 Å². The lowest BCUT2D eigenvalue weighted by Gasteiger charge is -2.09. The van der Waals surface area contributed by atoms with E-state index in [1.165, 1.54) is 18.2 Å². The van der Waals surface area contributed by atoms with Gasteiger partial charge < -0.3 is 15.4 Å². The Hall–Kier alpha value is -2.82. The lowest BCUT2D eigenvalue weighted by Crippen LogP contribution is -2.16. The highest BCUT2D eigenvalue weighted by molar-refractivity contribution is 5.93. The first-order valence-corrected chi connectivity index (χ1v) is 7.79. The van der Waals surface area contributed by atoms with Gasteiger partial charge in [0.1, 0.15) is 0 Å². The van der Waals surface area contributed by atoms with Crippen molar-refractivity contribution in [3.8, 4) is 0 Å². The summed E-state index contributed by atoms with van der Waals surface area (Å²) in [7, 11) is 1.33. The number of amides is 1. The molecule has 2 aromatic carbocycles. The molecule has 0 saturated heterocycles. The van der Waals surface area contributed by atoms with Crippen LogP contribution in [0.1, 0.15) is 27.9 Å². The number of anilines is 2. The minimum Gasteiger partial charge on any atom is -0.465 e. The summed E-state index contributed by atoms with van der Waals surface area (Å²) >= 11 is 0. The van der Waals surface area contributed by atoms with Gasteiger partial charge in [0.15, 0.2) is 0 Å². The summed E-state index contributed by atoms with van der Waals surface area (Å²) in [4.78, 5) is 23.3. The molecular formula is C19H22N2O3. The van der Waals surface area contributed by atoms with Crippen LogP contribution in [0.15, 0.2) is 42.5 Å². The largest absolute Gasteiger partial charge is 0.465 e. The van der Waals surface area contributed by atoms with Crippen molar-refractivity contribution >= 4 is 23.3 Å². The number of hydrogen-bond donors (Lipinski definition) is 2. The molecule has 5 heteroatoms. The van der Waals surface area contributed by atoms with E-state index in [-0.39, 0.29) is 5.91 Å². The van der Waals surface area contributed by atoms with E-state index >= 15 is 0 Å². The van der Waals surface area contributed by atoms with E-state index in [4.69, 9.17) is 0 Å². The number of rotatable bonds is 6. The molecule has 0 aliphatic heterocycles. The van der Waals surface area contributed by atoms with Gasteiger partial charge in [-0.2, -0.15) is 0 Å². The zero-order chi connectivity index (χ0) is 17.5. The number of hydrogen-bond acceptors (Lipinski definition) is 4. The van der Waals surface area contributed by atoms with Gasteiger partial charge >= 0.3 is 5.97 Å². The highest BCUT2D eigenvalue weighted by Crippen LogP contribution is 2.14. The Morgan fingerprint density at radius 3 is 2.25 bits per heavy atom. The highest BCUT2D eigenvalue weighted by Gasteiger charge is 2.06. The van der Waals surface area contributed by atoms with Gasteiger partial charge in [-0.25, -0.2) is 4.79 Å². The minimum absolute atomic E-state index is 0.0860. The van der Waals surface area contributed by atoms with Crippen molar-refractivity contribution < 1.29 is 14.3 Å². The van der Waals surface area contributed by atoms with E-state index in [9.17, 15) is 9.59 Å². The average molecular weight is 326 g/mol. The maximum atomic E-state index is 12.0. The third kappa shape index (κ3) is 4.84. The van der Waals surface area contributed by atoms with Gasteiger partial charge in [0.25, 0.3) is 0 Å². The van der Waals surface area contributed by atoms with Gasteiger partial charge in [0, 0.05) is 24.3 Å². The van der Waals surface area contributed by atoms with Crippen molar-refractivity contribution in [1.29, 1.82) is 0 Å². The molecule has 2 rings (SSSR count). The number of carbonyl (C=O) groups excluding carboxylic acids is 2. The van der Waals surface area contributed by atoms with Crippen LogP contribution in [0.4, 0.5) is 11.4 Å². The molecule has 2 N–H and O–H groups in total. The molecule has 24 heavy (non-hydrogen) atoms. The summed E-state index contributed by atoms with van der Waals surface area (Å²) in [6, 6.07) is 12.7. The number of aryl methyl sites for hydroxylation is 2. The molecule has 0 aromatic heterocycles. The first-order chi connectivity index (χ1) is 11.5. The normalized spacial score (nSPS) is 10.1. The Bertz CT molecular complexity index is 724. The van der Waals surface area contributed by atoms with Crippen LogP contribution in [0.3, 0.4) is 0 Å². The molecule has 0 bridgehead atoms. The number of ether oxygens (including phenoxy) is 1. The molecule has 0 spiro atoms. The molecule has 5 nitrogen and oxygen atoms in total. The topological polar surface area (TPSA) is 67.4 Å². The van der Waals surface area contributed by atoms with Crippen molar-refractivity contribution in [2.45, 2.75) is 20.3 Å². The molecule has 0 atom stereocenters. The molecule has 0 aliphatic rings. The van der Waals surface area contributed by atoms with Crippen LogP contribution >= 0.6 is 0 Å². The summed E-state index contributed by atoms with van der Waals surface area (Å²) in [5.74, 6) is -0.484. The maximum absolute atomic E-state index is 12.0. The molecule has 0 heterocycles. The lowest BCUT2D eigenvalue weighted by atomic mass is 10.1. The Balaban J connectivity index is 1.80. The fourth-order valence-electron chi connectivity index (χ4n) is 2.20. The van der Waals surface area contributed by atoms with Crippen molar-refractivity contribution in [3.63, 3.8) is 0 Å². The van der Waals surface area contributed by atoms with Gasteiger partial charge in [-0.15, -0.1) is 0 Å². The molecule has 1 amide bonds. The average Bonchev–Trinajstić information content (AvgIpc) is 2.58. The zero-order valence-corrected chi connectivity index (χ0v) is 14.2. The Morgan fingerprint density at radius 1 is 0.958 bits per heavy atom. The summed E-state index contributed by atoms with van der Waals surface area (Å²) < 4.78 is 4.63. The Labute approximate surface area is 142 Å². The number of carbonyl (C=O) groups is 2. The highest BCUT2D eigenvalue weighted by atomic mass is 16.5. The summed E-state index contributed by atoms with van der Waals surface area (Å²) in [6.07, 6.45) is 0.353. The predicted molar refractivity (Wildman–Crippen MR) is 95.4 cm³/mol. The molecule has 0 aliphatic carbocycles. The van der Waals surface area contributed by atoms with E-state index in [1.54, 1.807) is 24.3 Å². The van der Waals surface area contributed by atoms with E-state index in [0.717, 1.165) is 5.69 Å². The zero-order valence-electron chi connectivity index (χ0n) is 14.2. The van der Waals surface area contributed by atoms with Crippen LogP contribution in [0.5, 0.6) is 0 Å². The lowest BCUT2D eigenvalue weighted by molar-refractivity contribution is -0.115. The number of methoxy groups -OCH3 is 1. The van der Waals surface area contributed by atoms with Crippen LogP contribution in [0, 0.1) is 13.8 Å². The standard InChI is InChI=1S/C19H22N2O3/c1-13-4-7-17(12-14(13)2)20-11-10-18(22)21-16-8-5-15(6-9-16)19(23)24-3/h4-9,12,20H,10-11H2,1-3H3,(H,21,22). The predicted octanol–water partition coefficient (Wildman–Crippen LogP) is 3.53. The third-order valence-electron chi connectivity index (χ3n) is 3.78. The Kier molecular flexibility index (Phi) is 5.95. The fraction of sp³-hybridized carbons (Fsp3) is 0.263. The van der Waals surface area contributed by atoms with E-state index < -0.39 is 5.97 Å². The van der Waals surface area contributed by atoms with Crippen LogP contribution in [0.25, 0.3) is 0 Å². The van der Waals surface area contributed by atoms with Crippen LogP contribution < -0.4 is 10.6 Å². The third-order valence-corrected chi connectivity index (χ3v) is 3.78. The van der Waals surface area contributed by atoms with Crippen molar-refractivity contribution in [2.75, 3.05) is 24.3 Å². The van der Waals surface area contributed by atoms with Crippen molar-refractivity contribution in [2.24, 2.45) is 0 Å². The van der Waals surface area contributed by atoms with E-state index in [2.05, 4.69) is 41.4 Å². The number of nitrogens with one attached hydrogen (secondary N) is 2. The minimum atomic E-state index is -0.398. The quantitative estimate of drug-likeness (QED) is 0.797. The molecule has 0 saturated carbocycles. The monoisotopic (exact) mass is 326 g/mol. The van der Waals surface area contributed by atoms with E-state index in [1.807, 2.05) is 6.07 Å². The number of esters is 1. The van der Waals surface area contributed by atoms with Gasteiger partial charge in [-0.1, -0.05) is 6.07 Å². The SMILES string of the molecule is COC(=O)c1ccc(NC(=O)CCNc2ccc(C)c(C)c2)cc1. The summed E-state index contributed by atoms with van der Waals surface area (Å²) in [6.45, 7) is 4.68. The van der Waals surface area contributed by atoms with Gasteiger partial charge in [0.2, 0.25) is 5.91 Å². The number of benzene rings is 2. The molecule has 0 radical (unpaired) electrons. The second-order valence-electron chi connectivity index (χ2n) is 5.59. The van der Waals surface area contributed by atoms with Crippen LogP contribution in [0.2, 0.25) is 0 Å². The second-order valence-corrected chi connectivity index (χ2v) is 5.59. The fourth-order valence-corrected chi connectivity index (χ4v) is 2.20. The Morgan fingerprint density at radius 2 is 1.62 bits per heavy atom. The first-order valence-electron chi connectivity index (χ1n) is 7.79. The molecular weight excluding hydrogens is 304 g/mol. The van der Waals surface area contributed by atoms with Gasteiger partial charge in [0.05, 0.1) is 12.7 Å². The first kappa shape index (κ1) is 17.5. The summed E-state index contributed by atoms with van der Waals surface area (Å²) in [5.41, 5.74) is 4.57. The van der Waals surface area contributed by atoms with Crippen LogP contribution in [-0.2, 0) is 9.53 Å². The van der Waals surface area contributed by atoms with Gasteiger partial charge in [-0.05, 0) is 61.4 Å². The van der Waals surface area contributed by atoms with E-state index in [0.29, 0.717) is 24.2 Å². The summed E-state index contributed by atoms with van der Waals surface area (Å²) in [5, 5.41) is 6.04. The molecule has 0 fully saturated rings. The molecule has 0 unspecified atom stereocenters. The molecule has 126 valence electrons. The van der Waals surface area contributed by atoms with Crippen molar-refractivity contribution in [1.82, 2.24) is 0 Å². The smallest absolute Gasteiger partial charge is 0.337 e. The maximum Gasteiger partial charge on any atom is 0.337 e. The van der Waals surface area contributed by atoms with Crippen molar-refractivity contribution in [3.05, 3.63) is 59.2 Å².